The first kappa shape index (κ1) is 12.9. The van der Waals surface area contributed by atoms with Gasteiger partial charge >= 0.3 is 0 Å². The first-order chi connectivity index (χ1) is 8.59. The summed E-state index contributed by atoms with van der Waals surface area (Å²) in [6.07, 6.45) is -0.517. The van der Waals surface area contributed by atoms with Gasteiger partial charge in [-0.15, -0.1) is 0 Å². The molecule has 0 saturated carbocycles. The first-order valence-corrected chi connectivity index (χ1v) is 6.42. The fourth-order valence-corrected chi connectivity index (χ4v) is 2.00. The van der Waals surface area contributed by atoms with Gasteiger partial charge in [-0.05, 0) is 18.2 Å². The van der Waals surface area contributed by atoms with Crippen molar-refractivity contribution in [2.75, 3.05) is 6.61 Å². The van der Waals surface area contributed by atoms with Gasteiger partial charge in [0.15, 0.2) is 0 Å². The number of hydrogen-bond acceptors (Lipinski definition) is 2. The molecule has 96 valence electrons. The Hall–Kier alpha value is -1.54. The minimum Gasteiger partial charge on any atom is -0.492 e. The van der Waals surface area contributed by atoms with Gasteiger partial charge in [-0.2, -0.15) is 0 Å². The summed E-state index contributed by atoms with van der Waals surface area (Å²) in [6, 6.07) is 12.1. The predicted octanol–water partition coefficient (Wildman–Crippen LogP) is 3.93. The van der Waals surface area contributed by atoms with Crippen molar-refractivity contribution in [1.82, 2.24) is 0 Å². The van der Waals surface area contributed by atoms with Gasteiger partial charge in [-0.25, -0.2) is 0 Å². The van der Waals surface area contributed by atoms with Gasteiger partial charge in [-0.1, -0.05) is 50.2 Å². The minimum atomic E-state index is -0.517. The van der Waals surface area contributed by atoms with Crippen molar-refractivity contribution in [2.45, 2.75) is 26.9 Å². The van der Waals surface area contributed by atoms with E-state index in [0.29, 0.717) is 12.5 Å². The number of benzene rings is 2. The van der Waals surface area contributed by atoms with Gasteiger partial charge in [0, 0.05) is 10.9 Å². The smallest absolute Gasteiger partial charge is 0.132 e. The van der Waals surface area contributed by atoms with Gasteiger partial charge in [-0.3, -0.25) is 0 Å². The molecule has 18 heavy (non-hydrogen) atoms. The molecule has 2 rings (SSSR count). The maximum Gasteiger partial charge on any atom is 0.132 e. The monoisotopic (exact) mass is 244 g/mol. The average molecular weight is 244 g/mol. The molecule has 2 aromatic carbocycles. The zero-order valence-electron chi connectivity index (χ0n) is 11.2. The maximum absolute atomic E-state index is 9.85. The fraction of sp³-hybridized carbons (Fsp3) is 0.375. The SMILES string of the molecule is CC(C)COc1c(C(C)O)ccc2ccccc12. The summed E-state index contributed by atoms with van der Waals surface area (Å²) in [4.78, 5) is 0. The van der Waals surface area contributed by atoms with Crippen LogP contribution in [0.3, 0.4) is 0 Å². The molecule has 2 heteroatoms. The van der Waals surface area contributed by atoms with Gasteiger partial charge in [0.25, 0.3) is 0 Å². The van der Waals surface area contributed by atoms with Crippen molar-refractivity contribution in [1.29, 1.82) is 0 Å². The van der Waals surface area contributed by atoms with E-state index in [9.17, 15) is 5.11 Å². The third-order valence-corrected chi connectivity index (χ3v) is 2.92. The second kappa shape index (κ2) is 5.40. The lowest BCUT2D eigenvalue weighted by molar-refractivity contribution is 0.189. The highest BCUT2D eigenvalue weighted by atomic mass is 16.5. The Morgan fingerprint density at radius 2 is 1.78 bits per heavy atom. The van der Waals surface area contributed by atoms with Crippen LogP contribution in [0.5, 0.6) is 5.75 Å². The zero-order chi connectivity index (χ0) is 13.1. The van der Waals surface area contributed by atoms with Crippen LogP contribution in [0.15, 0.2) is 36.4 Å². The molecule has 0 aliphatic carbocycles. The van der Waals surface area contributed by atoms with Crippen molar-refractivity contribution in [3.8, 4) is 5.75 Å². The average Bonchev–Trinajstić information content (AvgIpc) is 2.35. The molecule has 0 heterocycles. The molecule has 0 fully saturated rings. The summed E-state index contributed by atoms with van der Waals surface area (Å²) in [5, 5.41) is 12.1. The van der Waals surface area contributed by atoms with Crippen molar-refractivity contribution in [3.63, 3.8) is 0 Å². The number of ether oxygens (including phenoxy) is 1. The Balaban J connectivity index is 2.52. The largest absolute Gasteiger partial charge is 0.492 e. The summed E-state index contributed by atoms with van der Waals surface area (Å²) in [7, 11) is 0. The predicted molar refractivity (Wildman–Crippen MR) is 74.9 cm³/mol. The molecule has 0 spiro atoms. The van der Waals surface area contributed by atoms with Crippen LogP contribution in [0, 0.1) is 5.92 Å². The lowest BCUT2D eigenvalue weighted by Gasteiger charge is -2.17. The van der Waals surface area contributed by atoms with Gasteiger partial charge in [0.1, 0.15) is 5.75 Å². The fourth-order valence-electron chi connectivity index (χ4n) is 2.00. The topological polar surface area (TPSA) is 29.5 Å². The molecule has 1 atom stereocenters. The van der Waals surface area contributed by atoms with Gasteiger partial charge in [0.2, 0.25) is 0 Å². The van der Waals surface area contributed by atoms with Crippen molar-refractivity contribution < 1.29 is 9.84 Å². The van der Waals surface area contributed by atoms with Crippen molar-refractivity contribution in [3.05, 3.63) is 42.0 Å². The number of fused-ring (bicyclic) bond motifs is 1. The molecule has 0 aromatic heterocycles. The third kappa shape index (κ3) is 2.65. The summed E-state index contributed by atoms with van der Waals surface area (Å²) < 4.78 is 5.91. The lowest BCUT2D eigenvalue weighted by atomic mass is 10.0. The molecule has 0 aliphatic heterocycles. The number of rotatable bonds is 4. The Morgan fingerprint density at radius 1 is 1.06 bits per heavy atom. The van der Waals surface area contributed by atoms with Gasteiger partial charge in [0.05, 0.1) is 12.7 Å². The summed E-state index contributed by atoms with van der Waals surface area (Å²) >= 11 is 0. The molecule has 0 aliphatic rings. The first-order valence-electron chi connectivity index (χ1n) is 6.42. The van der Waals surface area contributed by atoms with Crippen molar-refractivity contribution >= 4 is 10.8 Å². The molecular weight excluding hydrogens is 224 g/mol. The molecule has 0 saturated heterocycles. The quantitative estimate of drug-likeness (QED) is 0.883. The van der Waals surface area contributed by atoms with Crippen LogP contribution in [0.1, 0.15) is 32.4 Å². The Labute approximate surface area is 108 Å². The van der Waals surface area contributed by atoms with E-state index in [0.717, 1.165) is 22.1 Å². The normalized spacial score (nSPS) is 12.9. The highest BCUT2D eigenvalue weighted by Gasteiger charge is 2.13. The van der Waals surface area contributed by atoms with E-state index in [1.54, 1.807) is 6.92 Å². The third-order valence-electron chi connectivity index (χ3n) is 2.92. The summed E-state index contributed by atoms with van der Waals surface area (Å²) in [5.41, 5.74) is 0.856. The van der Waals surface area contributed by atoms with E-state index < -0.39 is 6.10 Å². The molecule has 0 amide bonds. The van der Waals surface area contributed by atoms with Crippen LogP contribution in [-0.4, -0.2) is 11.7 Å². The number of aliphatic hydroxyl groups excluding tert-OH is 1. The minimum absolute atomic E-state index is 0.464. The van der Waals surface area contributed by atoms with Crippen LogP contribution in [0.4, 0.5) is 0 Å². The van der Waals surface area contributed by atoms with Crippen LogP contribution in [0.25, 0.3) is 10.8 Å². The Kier molecular flexibility index (Phi) is 3.87. The molecule has 2 nitrogen and oxygen atoms in total. The zero-order valence-corrected chi connectivity index (χ0v) is 11.2. The van der Waals surface area contributed by atoms with Gasteiger partial charge < -0.3 is 9.84 Å². The molecule has 0 radical (unpaired) electrons. The second-order valence-corrected chi connectivity index (χ2v) is 5.09. The number of hydrogen-bond donors (Lipinski definition) is 1. The Morgan fingerprint density at radius 3 is 2.44 bits per heavy atom. The highest BCUT2D eigenvalue weighted by molar-refractivity contribution is 5.89. The Bertz CT molecular complexity index is 530. The van der Waals surface area contributed by atoms with E-state index in [4.69, 9.17) is 4.74 Å². The van der Waals surface area contributed by atoms with Crippen molar-refractivity contribution in [2.24, 2.45) is 5.92 Å². The van der Waals surface area contributed by atoms with Crippen LogP contribution in [-0.2, 0) is 0 Å². The van der Waals surface area contributed by atoms with Crippen LogP contribution >= 0.6 is 0 Å². The van der Waals surface area contributed by atoms with E-state index in [2.05, 4.69) is 19.9 Å². The summed E-state index contributed by atoms with van der Waals surface area (Å²) in [6.45, 7) is 6.67. The second-order valence-electron chi connectivity index (χ2n) is 5.09. The van der Waals surface area contributed by atoms with Crippen LogP contribution in [0.2, 0.25) is 0 Å². The van der Waals surface area contributed by atoms with E-state index in [1.165, 1.54) is 0 Å². The van der Waals surface area contributed by atoms with E-state index in [1.807, 2.05) is 30.3 Å². The molecular formula is C16H20O2. The standard InChI is InChI=1S/C16H20O2/c1-11(2)10-18-16-14(12(3)17)9-8-13-6-4-5-7-15(13)16/h4-9,11-12,17H,10H2,1-3H3. The summed E-state index contributed by atoms with van der Waals surface area (Å²) in [5.74, 6) is 1.28. The molecule has 1 unspecified atom stereocenters. The van der Waals surface area contributed by atoms with E-state index in [-0.39, 0.29) is 0 Å². The molecule has 1 N–H and O–H groups in total. The molecule has 0 bridgehead atoms. The highest BCUT2D eigenvalue weighted by Crippen LogP contribution is 2.33. The number of aliphatic hydroxyl groups is 1. The molecule has 2 aromatic rings. The lowest BCUT2D eigenvalue weighted by Crippen LogP contribution is -2.07. The van der Waals surface area contributed by atoms with E-state index >= 15 is 0 Å². The maximum atomic E-state index is 9.85. The van der Waals surface area contributed by atoms with Crippen LogP contribution < -0.4 is 4.74 Å².